The number of hydrogen-bond donors (Lipinski definition) is 2. The Hall–Kier alpha value is -1.60. The van der Waals surface area contributed by atoms with Crippen molar-refractivity contribution in [2.24, 2.45) is 16.6 Å². The third-order valence-corrected chi connectivity index (χ3v) is 5.46. The number of sulfonamides is 1. The fourth-order valence-corrected chi connectivity index (χ4v) is 3.13. The Morgan fingerprint density at radius 3 is 2.45 bits per heavy atom. The summed E-state index contributed by atoms with van der Waals surface area (Å²) in [6.07, 6.45) is 2.29. The fraction of sp³-hybridized carbons (Fsp3) is 0.533. The van der Waals surface area contributed by atoms with Gasteiger partial charge in [-0.05, 0) is 43.5 Å². The summed E-state index contributed by atoms with van der Waals surface area (Å²) in [5.74, 6) is 1.32. The molecule has 3 N–H and O–H groups in total. The molecule has 0 aromatic heterocycles. The number of nitrogens with one attached hydrogen (secondary N) is 1. The van der Waals surface area contributed by atoms with E-state index in [9.17, 15) is 8.42 Å². The molecule has 0 saturated carbocycles. The topological polar surface area (TPSA) is 87.8 Å². The maximum atomic E-state index is 11.6. The molecule has 0 spiro atoms. The van der Waals surface area contributed by atoms with Crippen molar-refractivity contribution in [1.29, 1.82) is 0 Å². The van der Waals surface area contributed by atoms with Gasteiger partial charge in [-0.1, -0.05) is 19.1 Å². The monoisotopic (exact) mass is 324 g/mol. The average Bonchev–Trinajstić information content (AvgIpc) is 2.53. The second-order valence-electron chi connectivity index (χ2n) is 5.70. The molecule has 1 heterocycles. The Bertz CT molecular complexity index is 617. The molecule has 0 radical (unpaired) electrons. The predicted molar refractivity (Wildman–Crippen MR) is 88.0 cm³/mol. The van der Waals surface area contributed by atoms with E-state index in [0.717, 1.165) is 37.4 Å². The van der Waals surface area contributed by atoms with Crippen LogP contribution in [0.5, 0.6) is 0 Å². The van der Waals surface area contributed by atoms with E-state index in [1.165, 1.54) is 7.05 Å². The van der Waals surface area contributed by atoms with Crippen LogP contribution in [0.4, 0.5) is 0 Å². The van der Waals surface area contributed by atoms with Crippen molar-refractivity contribution in [2.75, 3.05) is 20.1 Å². The first-order chi connectivity index (χ1) is 10.4. The lowest BCUT2D eigenvalue weighted by Gasteiger charge is -2.31. The van der Waals surface area contributed by atoms with Gasteiger partial charge in [-0.15, -0.1) is 0 Å². The highest BCUT2D eigenvalue weighted by Crippen LogP contribution is 2.16. The number of hydrogen-bond acceptors (Lipinski definition) is 3. The van der Waals surface area contributed by atoms with E-state index in [0.29, 0.717) is 12.5 Å². The number of rotatable bonds is 4. The van der Waals surface area contributed by atoms with E-state index in [1.54, 1.807) is 24.3 Å². The van der Waals surface area contributed by atoms with Gasteiger partial charge in [-0.3, -0.25) is 0 Å². The molecule has 0 aliphatic carbocycles. The van der Waals surface area contributed by atoms with E-state index in [4.69, 9.17) is 5.73 Å². The highest BCUT2D eigenvalue weighted by Gasteiger charge is 2.16. The van der Waals surface area contributed by atoms with Crippen molar-refractivity contribution in [3.8, 4) is 0 Å². The number of benzene rings is 1. The largest absolute Gasteiger partial charge is 0.370 e. The van der Waals surface area contributed by atoms with Gasteiger partial charge in [-0.2, -0.15) is 0 Å². The van der Waals surface area contributed by atoms with Crippen LogP contribution in [0.3, 0.4) is 0 Å². The van der Waals surface area contributed by atoms with Crippen LogP contribution in [-0.4, -0.2) is 39.4 Å². The minimum absolute atomic E-state index is 0.251. The molecule has 7 heteroatoms. The molecule has 0 unspecified atom stereocenters. The third kappa shape index (κ3) is 4.20. The summed E-state index contributed by atoms with van der Waals surface area (Å²) in [6, 6.07) is 6.68. The molecule has 1 aromatic rings. The van der Waals surface area contributed by atoms with E-state index in [1.807, 2.05) is 0 Å². The van der Waals surface area contributed by atoms with Crippen LogP contribution in [0.15, 0.2) is 34.2 Å². The molecule has 122 valence electrons. The summed E-state index contributed by atoms with van der Waals surface area (Å²) in [7, 11) is -1.99. The first-order valence-electron chi connectivity index (χ1n) is 7.49. The van der Waals surface area contributed by atoms with Crippen molar-refractivity contribution in [1.82, 2.24) is 9.62 Å². The Morgan fingerprint density at radius 2 is 1.91 bits per heavy atom. The number of aliphatic imine (C=N–C) groups is 1. The molecule has 22 heavy (non-hydrogen) atoms. The molecule has 0 atom stereocenters. The van der Waals surface area contributed by atoms with Crippen molar-refractivity contribution >= 4 is 16.0 Å². The number of likely N-dealkylation sites (tertiary alicyclic amines) is 1. The summed E-state index contributed by atoms with van der Waals surface area (Å²) in [4.78, 5) is 6.77. The lowest BCUT2D eigenvalue weighted by atomic mass is 10.00. The fourth-order valence-electron chi connectivity index (χ4n) is 2.40. The third-order valence-electron chi connectivity index (χ3n) is 4.03. The van der Waals surface area contributed by atoms with Crippen LogP contribution in [0.1, 0.15) is 25.3 Å². The molecule has 1 aliphatic rings. The van der Waals surface area contributed by atoms with Gasteiger partial charge in [0.2, 0.25) is 10.0 Å². The Labute approximate surface area is 132 Å². The number of guanidine groups is 1. The molecular weight excluding hydrogens is 300 g/mol. The standard InChI is InChI=1S/C15H24N4O2S/c1-12-7-9-19(10-8-12)15(16)18-11-13-3-5-14(6-4-13)22(20,21)17-2/h3-6,12,17H,7-11H2,1-2H3,(H2,16,18). The first kappa shape index (κ1) is 16.8. The molecule has 1 aromatic carbocycles. The summed E-state index contributed by atoms with van der Waals surface area (Å²) >= 11 is 0. The van der Waals surface area contributed by atoms with E-state index in [2.05, 4.69) is 21.5 Å². The molecular formula is C15H24N4O2S. The number of nitrogens with two attached hydrogens (primary N) is 1. The van der Waals surface area contributed by atoms with E-state index < -0.39 is 10.0 Å². The van der Waals surface area contributed by atoms with Crippen LogP contribution >= 0.6 is 0 Å². The summed E-state index contributed by atoms with van der Waals surface area (Å²) in [6.45, 7) is 4.62. The second kappa shape index (κ2) is 7.11. The Balaban J connectivity index is 1.98. The smallest absolute Gasteiger partial charge is 0.240 e. The van der Waals surface area contributed by atoms with Gasteiger partial charge in [0.05, 0.1) is 11.4 Å². The highest BCUT2D eigenvalue weighted by atomic mass is 32.2. The van der Waals surface area contributed by atoms with Crippen LogP contribution in [0.2, 0.25) is 0 Å². The Kier molecular flexibility index (Phi) is 5.42. The number of piperidine rings is 1. The minimum atomic E-state index is -3.39. The zero-order valence-electron chi connectivity index (χ0n) is 13.1. The van der Waals surface area contributed by atoms with Crippen LogP contribution in [-0.2, 0) is 16.6 Å². The quantitative estimate of drug-likeness (QED) is 0.642. The normalized spacial score (nSPS) is 17.7. The Morgan fingerprint density at radius 1 is 1.32 bits per heavy atom. The number of nitrogens with zero attached hydrogens (tertiary/aromatic N) is 2. The lowest BCUT2D eigenvalue weighted by molar-refractivity contribution is 0.277. The molecule has 0 bridgehead atoms. The first-order valence-corrected chi connectivity index (χ1v) is 8.98. The predicted octanol–water partition coefficient (Wildman–Crippen LogP) is 1.14. The van der Waals surface area contributed by atoms with Gasteiger partial charge in [-0.25, -0.2) is 18.1 Å². The van der Waals surface area contributed by atoms with E-state index >= 15 is 0 Å². The highest BCUT2D eigenvalue weighted by molar-refractivity contribution is 7.89. The van der Waals surface area contributed by atoms with Crippen molar-refractivity contribution in [3.05, 3.63) is 29.8 Å². The van der Waals surface area contributed by atoms with Gasteiger partial charge in [0.1, 0.15) is 0 Å². The summed E-state index contributed by atoms with van der Waals surface area (Å²) in [5, 5.41) is 0. The molecule has 2 rings (SSSR count). The average molecular weight is 324 g/mol. The van der Waals surface area contributed by atoms with Gasteiger partial charge in [0.15, 0.2) is 5.96 Å². The molecule has 1 aliphatic heterocycles. The van der Waals surface area contributed by atoms with Crippen LogP contribution in [0, 0.1) is 5.92 Å². The zero-order valence-corrected chi connectivity index (χ0v) is 13.9. The molecule has 0 amide bonds. The van der Waals surface area contributed by atoms with Crippen molar-refractivity contribution in [2.45, 2.75) is 31.2 Å². The SMILES string of the molecule is CNS(=O)(=O)c1ccc(CN=C(N)N2CCC(C)CC2)cc1. The van der Waals surface area contributed by atoms with Crippen LogP contribution < -0.4 is 10.5 Å². The van der Waals surface area contributed by atoms with E-state index in [-0.39, 0.29) is 4.90 Å². The maximum Gasteiger partial charge on any atom is 0.240 e. The van der Waals surface area contributed by atoms with Gasteiger partial charge < -0.3 is 10.6 Å². The lowest BCUT2D eigenvalue weighted by Crippen LogP contribution is -2.42. The summed E-state index contributed by atoms with van der Waals surface area (Å²) in [5.41, 5.74) is 6.97. The second-order valence-corrected chi connectivity index (χ2v) is 7.58. The van der Waals surface area contributed by atoms with Gasteiger partial charge in [0.25, 0.3) is 0 Å². The minimum Gasteiger partial charge on any atom is -0.370 e. The molecule has 1 saturated heterocycles. The summed E-state index contributed by atoms with van der Waals surface area (Å²) < 4.78 is 25.6. The van der Waals surface area contributed by atoms with Crippen molar-refractivity contribution in [3.63, 3.8) is 0 Å². The molecule has 6 nitrogen and oxygen atoms in total. The maximum absolute atomic E-state index is 11.6. The molecule has 1 fully saturated rings. The van der Waals surface area contributed by atoms with Crippen LogP contribution in [0.25, 0.3) is 0 Å². The zero-order chi connectivity index (χ0) is 16.2. The van der Waals surface area contributed by atoms with Gasteiger partial charge >= 0.3 is 0 Å². The van der Waals surface area contributed by atoms with Gasteiger partial charge in [0, 0.05) is 13.1 Å². The van der Waals surface area contributed by atoms with Crippen molar-refractivity contribution < 1.29 is 8.42 Å².